The molecule has 1 unspecified atom stereocenters. The van der Waals surface area contributed by atoms with Crippen LogP contribution in [-0.2, 0) is 10.0 Å². The molecule has 2 heterocycles. The number of nitrogens with zero attached hydrogens (tertiary/aromatic N) is 3. The summed E-state index contributed by atoms with van der Waals surface area (Å²) in [5.41, 5.74) is 5.75. The molecule has 1 atom stereocenters. The van der Waals surface area contributed by atoms with Crippen LogP contribution < -0.4 is 4.31 Å². The monoisotopic (exact) mass is 457 g/mol. The van der Waals surface area contributed by atoms with Gasteiger partial charge in [0.2, 0.25) is 0 Å². The molecule has 0 fully saturated rings. The number of phenolic OH excluding ortho intramolecular Hbond substituents is 1. The van der Waals surface area contributed by atoms with Gasteiger partial charge in [0.15, 0.2) is 0 Å². The van der Waals surface area contributed by atoms with Gasteiger partial charge in [0.25, 0.3) is 10.0 Å². The molecule has 0 saturated carbocycles. The van der Waals surface area contributed by atoms with E-state index in [-0.39, 0.29) is 16.7 Å². The van der Waals surface area contributed by atoms with Crippen LogP contribution in [0, 0.1) is 6.92 Å². The Labute approximate surface area is 193 Å². The van der Waals surface area contributed by atoms with E-state index in [0.717, 1.165) is 27.8 Å². The molecule has 3 aromatic carbocycles. The Hall–Kier alpha value is -3.71. The van der Waals surface area contributed by atoms with Gasteiger partial charge in [-0.3, -0.25) is 4.31 Å². The van der Waals surface area contributed by atoms with Gasteiger partial charge in [0.1, 0.15) is 12.1 Å². The van der Waals surface area contributed by atoms with Gasteiger partial charge in [0, 0.05) is 23.5 Å². The van der Waals surface area contributed by atoms with Crippen molar-refractivity contribution in [2.75, 3.05) is 4.31 Å². The van der Waals surface area contributed by atoms with Gasteiger partial charge in [0.05, 0.1) is 16.6 Å². The van der Waals surface area contributed by atoms with Crippen molar-refractivity contribution in [3.63, 3.8) is 0 Å². The van der Waals surface area contributed by atoms with Crippen molar-refractivity contribution in [2.45, 2.75) is 31.2 Å². The molecule has 0 spiro atoms. The zero-order valence-corrected chi connectivity index (χ0v) is 19.1. The van der Waals surface area contributed by atoms with E-state index in [9.17, 15) is 13.5 Å². The zero-order valence-electron chi connectivity index (χ0n) is 18.3. The van der Waals surface area contributed by atoms with Crippen LogP contribution in [0.1, 0.15) is 30.5 Å². The number of aromatic nitrogens is 2. The maximum atomic E-state index is 14.0. The first-order valence-corrected chi connectivity index (χ1v) is 12.2. The lowest BCUT2D eigenvalue weighted by Crippen LogP contribution is -2.37. The third-order valence-electron chi connectivity index (χ3n) is 6.13. The van der Waals surface area contributed by atoms with E-state index in [2.05, 4.69) is 9.97 Å². The summed E-state index contributed by atoms with van der Waals surface area (Å²) in [6.07, 6.45) is 5.58. The van der Waals surface area contributed by atoms with Crippen LogP contribution in [-0.4, -0.2) is 23.5 Å². The van der Waals surface area contributed by atoms with E-state index in [1.54, 1.807) is 19.3 Å². The van der Waals surface area contributed by atoms with Gasteiger partial charge in [-0.15, -0.1) is 0 Å². The third kappa shape index (κ3) is 3.45. The smallest absolute Gasteiger partial charge is 0.264 e. The van der Waals surface area contributed by atoms with Crippen molar-refractivity contribution in [3.05, 3.63) is 90.5 Å². The molecular weight excluding hydrogens is 434 g/mol. The number of phenols is 1. The average molecular weight is 458 g/mol. The highest BCUT2D eigenvalue weighted by atomic mass is 32.2. The van der Waals surface area contributed by atoms with Gasteiger partial charge in [-0.1, -0.05) is 37.3 Å². The van der Waals surface area contributed by atoms with Gasteiger partial charge >= 0.3 is 0 Å². The van der Waals surface area contributed by atoms with E-state index < -0.39 is 10.0 Å². The standard InChI is InChI=1S/C26H23N3O3S/c1-3-24-22-7-5-4-6-21(22)23-13-18(19-14-27-16-28-15-19)8-10-25(23)29(24)33(31,32)20-9-11-26(30)17(2)12-20/h4-16,24,30H,3H2,1-2H3. The van der Waals surface area contributed by atoms with Gasteiger partial charge < -0.3 is 5.11 Å². The van der Waals surface area contributed by atoms with Crippen LogP contribution in [0.5, 0.6) is 5.75 Å². The van der Waals surface area contributed by atoms with E-state index in [4.69, 9.17) is 0 Å². The van der Waals surface area contributed by atoms with Crippen LogP contribution >= 0.6 is 0 Å². The minimum atomic E-state index is -3.90. The SMILES string of the molecule is CCC1c2ccccc2-c2cc(-c3cncnc3)ccc2N1S(=O)(=O)c1ccc(O)c(C)c1. The first kappa shape index (κ1) is 21.2. The molecule has 1 aliphatic heterocycles. The zero-order chi connectivity index (χ0) is 23.2. The van der Waals surface area contributed by atoms with Crippen LogP contribution in [0.3, 0.4) is 0 Å². The van der Waals surface area contributed by atoms with Gasteiger partial charge in [-0.05, 0) is 65.9 Å². The molecule has 6 nitrogen and oxygen atoms in total. The molecule has 0 aliphatic carbocycles. The van der Waals surface area contributed by atoms with Crippen LogP contribution in [0.4, 0.5) is 5.69 Å². The number of sulfonamides is 1. The minimum Gasteiger partial charge on any atom is -0.508 e. The summed E-state index contributed by atoms with van der Waals surface area (Å²) in [4.78, 5) is 8.38. The fourth-order valence-electron chi connectivity index (χ4n) is 4.48. The largest absolute Gasteiger partial charge is 0.508 e. The quantitative estimate of drug-likeness (QED) is 0.438. The Morgan fingerprint density at radius 1 is 0.939 bits per heavy atom. The fraction of sp³-hybridized carbons (Fsp3) is 0.154. The molecule has 5 rings (SSSR count). The molecule has 0 radical (unpaired) electrons. The maximum Gasteiger partial charge on any atom is 0.264 e. The van der Waals surface area contributed by atoms with E-state index in [1.165, 1.54) is 28.8 Å². The number of aryl methyl sites for hydroxylation is 1. The second-order valence-corrected chi connectivity index (χ2v) is 9.93. The number of aromatic hydroxyl groups is 1. The lowest BCUT2D eigenvalue weighted by atomic mass is 9.87. The molecule has 7 heteroatoms. The van der Waals surface area contributed by atoms with E-state index in [0.29, 0.717) is 17.7 Å². The Morgan fingerprint density at radius 2 is 1.70 bits per heavy atom. The molecule has 0 amide bonds. The predicted octanol–water partition coefficient (Wildman–Crippen LogP) is 5.48. The van der Waals surface area contributed by atoms with Crippen molar-refractivity contribution < 1.29 is 13.5 Å². The number of anilines is 1. The molecule has 1 aromatic heterocycles. The summed E-state index contributed by atoms with van der Waals surface area (Å²) in [7, 11) is -3.90. The highest BCUT2D eigenvalue weighted by molar-refractivity contribution is 7.92. The molecule has 0 bridgehead atoms. The highest BCUT2D eigenvalue weighted by Gasteiger charge is 2.38. The normalized spacial score (nSPS) is 15.1. The summed E-state index contributed by atoms with van der Waals surface area (Å²) >= 11 is 0. The van der Waals surface area contributed by atoms with Crippen molar-refractivity contribution in [1.82, 2.24) is 9.97 Å². The second kappa shape index (κ2) is 8.01. The summed E-state index contributed by atoms with van der Waals surface area (Å²) in [6, 6.07) is 17.8. The maximum absolute atomic E-state index is 14.0. The van der Waals surface area contributed by atoms with Crippen LogP contribution in [0.2, 0.25) is 0 Å². The van der Waals surface area contributed by atoms with Gasteiger partial charge in [-0.2, -0.15) is 0 Å². The number of hydrogen-bond acceptors (Lipinski definition) is 5. The molecule has 33 heavy (non-hydrogen) atoms. The first-order chi connectivity index (χ1) is 15.9. The van der Waals surface area contributed by atoms with Gasteiger partial charge in [-0.25, -0.2) is 18.4 Å². The Bertz CT molecular complexity index is 1450. The van der Waals surface area contributed by atoms with Crippen molar-refractivity contribution in [3.8, 4) is 28.0 Å². The number of rotatable bonds is 4. The van der Waals surface area contributed by atoms with Crippen molar-refractivity contribution >= 4 is 15.7 Å². The Kier molecular flexibility index (Phi) is 5.13. The number of hydrogen-bond donors (Lipinski definition) is 1. The van der Waals surface area contributed by atoms with Crippen LogP contribution in [0.15, 0.2) is 84.3 Å². The Balaban J connectivity index is 1.75. The van der Waals surface area contributed by atoms with Crippen LogP contribution in [0.25, 0.3) is 22.3 Å². The summed E-state index contributed by atoms with van der Waals surface area (Å²) in [5.74, 6) is 0.0695. The number of benzene rings is 3. The number of fused-ring (bicyclic) bond motifs is 3. The molecule has 1 N–H and O–H groups in total. The van der Waals surface area contributed by atoms with Crippen molar-refractivity contribution in [2.24, 2.45) is 0 Å². The Morgan fingerprint density at radius 3 is 2.42 bits per heavy atom. The topological polar surface area (TPSA) is 83.4 Å². The lowest BCUT2D eigenvalue weighted by Gasteiger charge is -2.39. The second-order valence-electron chi connectivity index (χ2n) is 8.12. The lowest BCUT2D eigenvalue weighted by molar-refractivity contribution is 0.470. The molecular formula is C26H23N3O3S. The van der Waals surface area contributed by atoms with E-state index in [1.807, 2.05) is 49.4 Å². The third-order valence-corrected chi connectivity index (χ3v) is 7.95. The molecule has 1 aliphatic rings. The minimum absolute atomic E-state index is 0.0695. The summed E-state index contributed by atoms with van der Waals surface area (Å²) in [6.45, 7) is 3.69. The highest BCUT2D eigenvalue weighted by Crippen LogP contribution is 2.49. The summed E-state index contributed by atoms with van der Waals surface area (Å²) in [5, 5.41) is 9.93. The van der Waals surface area contributed by atoms with E-state index >= 15 is 0 Å². The first-order valence-electron chi connectivity index (χ1n) is 10.7. The average Bonchev–Trinajstić information content (AvgIpc) is 2.84. The summed E-state index contributed by atoms with van der Waals surface area (Å²) < 4.78 is 29.5. The van der Waals surface area contributed by atoms with Crippen molar-refractivity contribution in [1.29, 1.82) is 0 Å². The molecule has 0 saturated heterocycles. The predicted molar refractivity (Wildman–Crippen MR) is 128 cm³/mol. The fourth-order valence-corrected chi connectivity index (χ4v) is 6.29. The molecule has 4 aromatic rings. The molecule has 166 valence electrons.